The monoisotopic (exact) mass is 242 g/mol. The van der Waals surface area contributed by atoms with Gasteiger partial charge >= 0.3 is 0 Å². The van der Waals surface area contributed by atoms with Crippen LogP contribution in [0.3, 0.4) is 0 Å². The minimum atomic E-state index is -0.571. The number of hydrogen-bond acceptors (Lipinski definition) is 2. The van der Waals surface area contributed by atoms with E-state index in [1.165, 1.54) is 18.2 Å². The SMILES string of the molecule is NC(=O)c1cccc(C(N)=O)c1.c1ccccc1. The lowest BCUT2D eigenvalue weighted by Crippen LogP contribution is -2.14. The molecule has 0 aliphatic heterocycles. The second-order valence-corrected chi connectivity index (χ2v) is 3.46. The Hall–Kier alpha value is -2.62. The van der Waals surface area contributed by atoms with Crippen molar-refractivity contribution in [3.63, 3.8) is 0 Å². The smallest absolute Gasteiger partial charge is 0.248 e. The summed E-state index contributed by atoms with van der Waals surface area (Å²) in [5.41, 5.74) is 10.6. The molecule has 0 saturated heterocycles. The molecule has 0 aliphatic rings. The van der Waals surface area contributed by atoms with Crippen LogP contribution < -0.4 is 11.5 Å². The second kappa shape index (κ2) is 6.85. The molecule has 0 unspecified atom stereocenters. The summed E-state index contributed by atoms with van der Waals surface area (Å²) in [5.74, 6) is -1.14. The molecule has 4 heteroatoms. The predicted molar refractivity (Wildman–Crippen MR) is 69.9 cm³/mol. The van der Waals surface area contributed by atoms with Gasteiger partial charge in [-0.2, -0.15) is 0 Å². The maximum absolute atomic E-state index is 10.6. The molecule has 0 bridgehead atoms. The van der Waals surface area contributed by atoms with Crippen molar-refractivity contribution in [2.75, 3.05) is 0 Å². The van der Waals surface area contributed by atoms with Crippen molar-refractivity contribution >= 4 is 11.8 Å². The van der Waals surface area contributed by atoms with Crippen LogP contribution in [0.1, 0.15) is 20.7 Å². The van der Waals surface area contributed by atoms with Gasteiger partial charge in [0.25, 0.3) is 0 Å². The minimum Gasteiger partial charge on any atom is -0.366 e. The summed E-state index contributed by atoms with van der Waals surface area (Å²) in [6, 6.07) is 18.0. The zero-order chi connectivity index (χ0) is 13.4. The quantitative estimate of drug-likeness (QED) is 0.837. The fourth-order valence-corrected chi connectivity index (χ4v) is 1.21. The van der Waals surface area contributed by atoms with Crippen molar-refractivity contribution in [3.8, 4) is 0 Å². The van der Waals surface area contributed by atoms with Gasteiger partial charge in [-0.25, -0.2) is 0 Å². The van der Waals surface area contributed by atoms with Crippen LogP contribution in [0, 0.1) is 0 Å². The molecule has 2 rings (SSSR count). The molecule has 2 aromatic carbocycles. The van der Waals surface area contributed by atoms with Crippen molar-refractivity contribution in [1.29, 1.82) is 0 Å². The standard InChI is InChI=1S/C8H8N2O2.C6H6/c9-7(11)5-2-1-3-6(4-5)8(10)12;1-2-4-6-5-3-1/h1-4H,(H2,9,11)(H2,10,12);1-6H. The van der Waals surface area contributed by atoms with Crippen LogP contribution in [0.15, 0.2) is 60.7 Å². The number of rotatable bonds is 2. The summed E-state index contributed by atoms with van der Waals surface area (Å²) in [5, 5.41) is 0. The maximum Gasteiger partial charge on any atom is 0.248 e. The Morgan fingerprint density at radius 3 is 1.28 bits per heavy atom. The molecule has 0 aromatic heterocycles. The van der Waals surface area contributed by atoms with Gasteiger partial charge in [0.15, 0.2) is 0 Å². The van der Waals surface area contributed by atoms with Crippen LogP contribution in [0.4, 0.5) is 0 Å². The first kappa shape index (κ1) is 13.4. The molecule has 18 heavy (non-hydrogen) atoms. The first-order valence-electron chi connectivity index (χ1n) is 5.31. The maximum atomic E-state index is 10.6. The Labute approximate surface area is 105 Å². The predicted octanol–water partition coefficient (Wildman–Crippen LogP) is 1.57. The largest absolute Gasteiger partial charge is 0.366 e. The van der Waals surface area contributed by atoms with Gasteiger partial charge < -0.3 is 11.5 Å². The van der Waals surface area contributed by atoms with E-state index in [-0.39, 0.29) is 11.1 Å². The van der Waals surface area contributed by atoms with E-state index in [0.717, 1.165) is 0 Å². The molecule has 0 atom stereocenters. The highest BCUT2D eigenvalue weighted by molar-refractivity contribution is 5.98. The number of primary amides is 2. The summed E-state index contributed by atoms with van der Waals surface area (Å²) < 4.78 is 0. The van der Waals surface area contributed by atoms with Gasteiger partial charge in [-0.1, -0.05) is 42.5 Å². The van der Waals surface area contributed by atoms with Gasteiger partial charge in [-0.3, -0.25) is 9.59 Å². The van der Waals surface area contributed by atoms with Crippen LogP contribution in [0.25, 0.3) is 0 Å². The Morgan fingerprint density at radius 2 is 1.00 bits per heavy atom. The molecule has 0 saturated carbocycles. The fourth-order valence-electron chi connectivity index (χ4n) is 1.21. The topological polar surface area (TPSA) is 86.2 Å². The number of carbonyl (C=O) groups is 2. The second-order valence-electron chi connectivity index (χ2n) is 3.46. The molecule has 0 fully saturated rings. The fraction of sp³-hybridized carbons (Fsp3) is 0. The van der Waals surface area contributed by atoms with Crippen LogP contribution in [-0.4, -0.2) is 11.8 Å². The van der Waals surface area contributed by atoms with E-state index in [0.29, 0.717) is 0 Å². The Bertz CT molecular complexity index is 468. The average molecular weight is 242 g/mol. The van der Waals surface area contributed by atoms with E-state index in [1.807, 2.05) is 36.4 Å². The Morgan fingerprint density at radius 1 is 0.667 bits per heavy atom. The van der Waals surface area contributed by atoms with Crippen molar-refractivity contribution in [2.24, 2.45) is 11.5 Å². The third kappa shape index (κ3) is 4.49. The van der Waals surface area contributed by atoms with Crippen molar-refractivity contribution in [2.45, 2.75) is 0 Å². The number of carbonyl (C=O) groups excluding carboxylic acids is 2. The van der Waals surface area contributed by atoms with Crippen LogP contribution in [0.2, 0.25) is 0 Å². The third-order valence-corrected chi connectivity index (χ3v) is 2.10. The highest BCUT2D eigenvalue weighted by Crippen LogP contribution is 2.03. The molecule has 0 spiro atoms. The van der Waals surface area contributed by atoms with E-state index in [1.54, 1.807) is 6.07 Å². The molecular weight excluding hydrogens is 228 g/mol. The zero-order valence-corrected chi connectivity index (χ0v) is 9.74. The molecule has 2 aromatic rings. The summed E-state index contributed by atoms with van der Waals surface area (Å²) in [6.07, 6.45) is 0. The van der Waals surface area contributed by atoms with Crippen molar-refractivity contribution in [1.82, 2.24) is 0 Å². The lowest BCUT2D eigenvalue weighted by molar-refractivity contribution is 0.0999. The van der Waals surface area contributed by atoms with Gasteiger partial charge in [-0.05, 0) is 18.2 Å². The molecule has 0 radical (unpaired) electrons. The highest BCUT2D eigenvalue weighted by Gasteiger charge is 2.03. The van der Waals surface area contributed by atoms with Gasteiger partial charge in [0, 0.05) is 11.1 Å². The minimum absolute atomic E-state index is 0.284. The van der Waals surface area contributed by atoms with Gasteiger partial charge in [-0.15, -0.1) is 0 Å². The highest BCUT2D eigenvalue weighted by atomic mass is 16.1. The van der Waals surface area contributed by atoms with E-state index >= 15 is 0 Å². The summed E-state index contributed by atoms with van der Waals surface area (Å²) in [4.78, 5) is 21.3. The van der Waals surface area contributed by atoms with E-state index in [4.69, 9.17) is 11.5 Å². The lowest BCUT2D eigenvalue weighted by atomic mass is 10.1. The van der Waals surface area contributed by atoms with Gasteiger partial charge in [0.2, 0.25) is 11.8 Å². The van der Waals surface area contributed by atoms with Crippen LogP contribution >= 0.6 is 0 Å². The number of hydrogen-bond donors (Lipinski definition) is 2. The molecule has 0 aliphatic carbocycles. The third-order valence-electron chi connectivity index (χ3n) is 2.10. The summed E-state index contributed by atoms with van der Waals surface area (Å²) in [6.45, 7) is 0. The Balaban J connectivity index is 0.000000225. The zero-order valence-electron chi connectivity index (χ0n) is 9.74. The molecule has 2 amide bonds. The number of benzene rings is 2. The Kier molecular flexibility index (Phi) is 5.12. The lowest BCUT2D eigenvalue weighted by Gasteiger charge is -1.97. The molecular formula is C14H14N2O2. The van der Waals surface area contributed by atoms with Gasteiger partial charge in [0.1, 0.15) is 0 Å². The first-order chi connectivity index (χ1) is 8.61. The molecule has 4 N–H and O–H groups in total. The normalized spacial score (nSPS) is 8.89. The van der Waals surface area contributed by atoms with Gasteiger partial charge in [0.05, 0.1) is 0 Å². The van der Waals surface area contributed by atoms with E-state index in [9.17, 15) is 9.59 Å². The first-order valence-corrected chi connectivity index (χ1v) is 5.31. The van der Waals surface area contributed by atoms with Crippen LogP contribution in [0.5, 0.6) is 0 Å². The molecule has 0 heterocycles. The summed E-state index contributed by atoms with van der Waals surface area (Å²) >= 11 is 0. The van der Waals surface area contributed by atoms with E-state index < -0.39 is 11.8 Å². The van der Waals surface area contributed by atoms with Crippen molar-refractivity contribution < 1.29 is 9.59 Å². The van der Waals surface area contributed by atoms with Crippen LogP contribution in [-0.2, 0) is 0 Å². The number of nitrogens with two attached hydrogens (primary N) is 2. The molecule has 92 valence electrons. The van der Waals surface area contributed by atoms with Crippen molar-refractivity contribution in [3.05, 3.63) is 71.8 Å². The molecule has 4 nitrogen and oxygen atoms in total. The number of amides is 2. The average Bonchev–Trinajstić information content (AvgIpc) is 2.41. The summed E-state index contributed by atoms with van der Waals surface area (Å²) in [7, 11) is 0. The van der Waals surface area contributed by atoms with E-state index in [2.05, 4.69) is 0 Å².